The summed E-state index contributed by atoms with van der Waals surface area (Å²) >= 11 is 6.01. The highest BCUT2D eigenvalue weighted by atomic mass is 35.5. The molecule has 0 saturated carbocycles. The lowest BCUT2D eigenvalue weighted by Crippen LogP contribution is -2.32. The number of nitrogens with one attached hydrogen (secondary N) is 1. The van der Waals surface area contributed by atoms with E-state index in [4.69, 9.17) is 16.3 Å². The summed E-state index contributed by atoms with van der Waals surface area (Å²) in [6.07, 6.45) is 0.850. The summed E-state index contributed by atoms with van der Waals surface area (Å²) in [5.41, 5.74) is 2.10. The Balaban J connectivity index is 1.92. The Bertz CT molecular complexity index is 562. The molecule has 1 atom stereocenters. The lowest BCUT2D eigenvalue weighted by atomic mass is 10.1. The van der Waals surface area contributed by atoms with Crippen molar-refractivity contribution in [2.24, 2.45) is 0 Å². The first-order valence-electron chi connectivity index (χ1n) is 6.88. The molecule has 0 aliphatic heterocycles. The number of hydrogen-bond acceptors (Lipinski definition) is 2. The van der Waals surface area contributed by atoms with Gasteiger partial charge in [0.15, 0.2) is 11.6 Å². The first-order valence-corrected chi connectivity index (χ1v) is 7.42. The predicted octanol–water partition coefficient (Wildman–Crippen LogP) is 3.77. The molecule has 0 fully saturated rings. The van der Waals surface area contributed by atoms with Gasteiger partial charge in [0.05, 0.1) is 7.11 Å². The van der Waals surface area contributed by atoms with E-state index in [0.29, 0.717) is 12.4 Å². The molecule has 2 aromatic rings. The van der Waals surface area contributed by atoms with Crippen molar-refractivity contribution in [1.29, 1.82) is 0 Å². The lowest BCUT2D eigenvalue weighted by Gasteiger charge is -2.16. The van der Waals surface area contributed by atoms with Gasteiger partial charge in [0, 0.05) is 18.5 Å². The molecule has 2 nitrogen and oxygen atoms in total. The SMILES string of the molecule is COc1ccc(CNC(CCl)Cc2ccccc2)cc1F. The molecule has 0 saturated heterocycles. The fourth-order valence-electron chi connectivity index (χ4n) is 2.16. The van der Waals surface area contributed by atoms with Crippen LogP contribution in [0.2, 0.25) is 0 Å². The van der Waals surface area contributed by atoms with E-state index in [0.717, 1.165) is 12.0 Å². The zero-order valence-electron chi connectivity index (χ0n) is 12.0. The number of rotatable bonds is 7. The van der Waals surface area contributed by atoms with E-state index in [1.165, 1.54) is 18.7 Å². The average molecular weight is 308 g/mol. The van der Waals surface area contributed by atoms with Crippen LogP contribution >= 0.6 is 11.6 Å². The average Bonchev–Trinajstić information content (AvgIpc) is 2.52. The predicted molar refractivity (Wildman–Crippen MR) is 84.4 cm³/mol. The topological polar surface area (TPSA) is 21.3 Å². The molecule has 2 rings (SSSR count). The molecule has 0 spiro atoms. The Labute approximate surface area is 129 Å². The Kier molecular flexibility index (Phi) is 6.03. The van der Waals surface area contributed by atoms with Gasteiger partial charge in [-0.25, -0.2) is 4.39 Å². The highest BCUT2D eigenvalue weighted by molar-refractivity contribution is 6.18. The summed E-state index contributed by atoms with van der Waals surface area (Å²) in [4.78, 5) is 0. The molecular weight excluding hydrogens is 289 g/mol. The van der Waals surface area contributed by atoms with Crippen molar-refractivity contribution in [2.75, 3.05) is 13.0 Å². The number of halogens is 2. The molecule has 0 amide bonds. The third-order valence-electron chi connectivity index (χ3n) is 3.32. The number of methoxy groups -OCH3 is 1. The molecule has 4 heteroatoms. The van der Waals surface area contributed by atoms with E-state index >= 15 is 0 Å². The van der Waals surface area contributed by atoms with Crippen molar-refractivity contribution in [3.05, 3.63) is 65.5 Å². The third kappa shape index (κ3) is 4.73. The van der Waals surface area contributed by atoms with Crippen LogP contribution in [0.25, 0.3) is 0 Å². The monoisotopic (exact) mass is 307 g/mol. The van der Waals surface area contributed by atoms with E-state index in [-0.39, 0.29) is 17.6 Å². The van der Waals surface area contributed by atoms with Gasteiger partial charge in [0.1, 0.15) is 0 Å². The van der Waals surface area contributed by atoms with Crippen LogP contribution in [0.3, 0.4) is 0 Å². The van der Waals surface area contributed by atoms with Crippen molar-refractivity contribution in [2.45, 2.75) is 19.0 Å². The van der Waals surface area contributed by atoms with E-state index < -0.39 is 0 Å². The summed E-state index contributed by atoms with van der Waals surface area (Å²) in [5.74, 6) is 0.423. The molecule has 0 radical (unpaired) electrons. The van der Waals surface area contributed by atoms with Crippen molar-refractivity contribution < 1.29 is 9.13 Å². The lowest BCUT2D eigenvalue weighted by molar-refractivity contribution is 0.386. The number of ether oxygens (including phenoxy) is 1. The fraction of sp³-hybridized carbons (Fsp3) is 0.294. The number of alkyl halides is 1. The number of benzene rings is 2. The molecule has 0 heterocycles. The molecule has 112 valence electrons. The Hall–Kier alpha value is -1.58. The van der Waals surface area contributed by atoms with Gasteiger partial charge in [-0.15, -0.1) is 11.6 Å². The largest absolute Gasteiger partial charge is 0.494 e. The standard InChI is InChI=1S/C17H19ClFNO/c1-21-17-8-7-14(10-16(17)19)12-20-15(11-18)9-13-5-3-2-4-6-13/h2-8,10,15,20H,9,11-12H2,1H3. The van der Waals surface area contributed by atoms with E-state index in [1.54, 1.807) is 6.07 Å². The van der Waals surface area contributed by atoms with Gasteiger partial charge in [0.25, 0.3) is 0 Å². The highest BCUT2D eigenvalue weighted by Crippen LogP contribution is 2.17. The zero-order valence-corrected chi connectivity index (χ0v) is 12.7. The van der Waals surface area contributed by atoms with E-state index in [1.807, 2.05) is 24.3 Å². The first-order chi connectivity index (χ1) is 10.2. The van der Waals surface area contributed by atoms with E-state index in [2.05, 4.69) is 17.4 Å². The third-order valence-corrected chi connectivity index (χ3v) is 3.69. The molecule has 0 aliphatic rings. The van der Waals surface area contributed by atoms with Crippen molar-refractivity contribution >= 4 is 11.6 Å². The van der Waals surface area contributed by atoms with Crippen LogP contribution in [0.15, 0.2) is 48.5 Å². The van der Waals surface area contributed by atoms with Crippen molar-refractivity contribution in [1.82, 2.24) is 5.32 Å². The van der Waals surface area contributed by atoms with Gasteiger partial charge in [-0.3, -0.25) is 0 Å². The molecular formula is C17H19ClFNO. The maximum absolute atomic E-state index is 13.6. The maximum Gasteiger partial charge on any atom is 0.165 e. The summed E-state index contributed by atoms with van der Waals surface area (Å²) in [6, 6.07) is 15.3. The van der Waals surface area contributed by atoms with Gasteiger partial charge < -0.3 is 10.1 Å². The van der Waals surface area contributed by atoms with Crippen LogP contribution < -0.4 is 10.1 Å². The van der Waals surface area contributed by atoms with Crippen molar-refractivity contribution in [3.8, 4) is 5.75 Å². The molecule has 2 aromatic carbocycles. The molecule has 0 bridgehead atoms. The smallest absolute Gasteiger partial charge is 0.165 e. The summed E-state index contributed by atoms with van der Waals surface area (Å²) < 4.78 is 18.5. The van der Waals surface area contributed by atoms with Crippen LogP contribution in [-0.2, 0) is 13.0 Å². The zero-order chi connectivity index (χ0) is 15.1. The minimum atomic E-state index is -0.345. The van der Waals surface area contributed by atoms with Gasteiger partial charge >= 0.3 is 0 Å². The Morgan fingerprint density at radius 2 is 1.90 bits per heavy atom. The van der Waals surface area contributed by atoms with Gasteiger partial charge in [-0.2, -0.15) is 0 Å². The molecule has 1 unspecified atom stereocenters. The normalized spacial score (nSPS) is 12.1. The number of hydrogen-bond donors (Lipinski definition) is 1. The van der Waals surface area contributed by atoms with Crippen LogP contribution in [0, 0.1) is 5.82 Å². The summed E-state index contributed by atoms with van der Waals surface area (Å²) in [7, 11) is 1.46. The van der Waals surface area contributed by atoms with Crippen LogP contribution in [0.1, 0.15) is 11.1 Å². The molecule has 0 aromatic heterocycles. The second-order valence-corrected chi connectivity index (χ2v) is 5.20. The quantitative estimate of drug-likeness (QED) is 0.786. The maximum atomic E-state index is 13.6. The van der Waals surface area contributed by atoms with Gasteiger partial charge in [0.2, 0.25) is 0 Å². The van der Waals surface area contributed by atoms with Crippen LogP contribution in [0.4, 0.5) is 4.39 Å². The Morgan fingerprint density at radius 1 is 1.14 bits per heavy atom. The van der Waals surface area contributed by atoms with E-state index in [9.17, 15) is 4.39 Å². The minimum absolute atomic E-state index is 0.152. The van der Waals surface area contributed by atoms with Gasteiger partial charge in [-0.1, -0.05) is 36.4 Å². The second-order valence-electron chi connectivity index (χ2n) is 4.89. The minimum Gasteiger partial charge on any atom is -0.494 e. The summed E-state index contributed by atoms with van der Waals surface area (Å²) in [6.45, 7) is 0.575. The highest BCUT2D eigenvalue weighted by Gasteiger charge is 2.09. The fourth-order valence-corrected chi connectivity index (χ4v) is 2.38. The first kappa shape index (κ1) is 15.8. The van der Waals surface area contributed by atoms with Crippen LogP contribution in [-0.4, -0.2) is 19.0 Å². The Morgan fingerprint density at radius 3 is 2.52 bits per heavy atom. The molecule has 0 aliphatic carbocycles. The molecule has 21 heavy (non-hydrogen) atoms. The van der Waals surface area contributed by atoms with Crippen molar-refractivity contribution in [3.63, 3.8) is 0 Å². The summed E-state index contributed by atoms with van der Waals surface area (Å²) in [5, 5.41) is 3.36. The van der Waals surface area contributed by atoms with Crippen LogP contribution in [0.5, 0.6) is 5.75 Å². The molecule has 1 N–H and O–H groups in total. The van der Waals surface area contributed by atoms with Gasteiger partial charge in [-0.05, 0) is 29.7 Å². The second kappa shape index (κ2) is 8.01.